The SMILES string of the molecule is CCC(O)c1c(S(=O)(=O)[O-])ccc(C)c1NC(C)(C)C.Cc1ccc(S(=O)(=O)[O-])cc1.O. The number of anilines is 1. The predicted octanol–water partition coefficient (Wildman–Crippen LogP) is 2.63. The van der Waals surface area contributed by atoms with E-state index in [1.165, 1.54) is 18.2 Å². The van der Waals surface area contributed by atoms with E-state index in [9.17, 15) is 31.0 Å². The lowest BCUT2D eigenvalue weighted by molar-refractivity contribution is 0.170. The van der Waals surface area contributed by atoms with Crippen molar-refractivity contribution in [1.82, 2.24) is 0 Å². The fraction of sp³-hybridized carbons (Fsp3) is 0.429. The summed E-state index contributed by atoms with van der Waals surface area (Å²) in [5, 5.41) is 13.3. The minimum absolute atomic E-state index is 0. The van der Waals surface area contributed by atoms with E-state index >= 15 is 0 Å². The van der Waals surface area contributed by atoms with Crippen LogP contribution in [0.4, 0.5) is 5.69 Å². The Morgan fingerprint density at radius 2 is 1.44 bits per heavy atom. The van der Waals surface area contributed by atoms with Crippen LogP contribution in [0, 0.1) is 13.8 Å². The standard InChI is InChI=1S/C14H23NO4S.C7H8O3S.H2O/c1-6-10(16)12-11(20(17,18)19)8-7-9(2)13(12)15-14(3,4)5;1-6-2-4-7(5-3-6)11(8,9)10;/h7-8,10,15-16H,6H2,1-5H3,(H,17,18,19);2-5H,1H3,(H,8,9,10);1H2/p-2. The van der Waals surface area contributed by atoms with Gasteiger partial charge in [0.15, 0.2) is 0 Å². The zero-order chi connectivity index (χ0) is 24.2. The number of hydrogen-bond acceptors (Lipinski definition) is 8. The van der Waals surface area contributed by atoms with E-state index < -0.39 is 26.3 Å². The molecule has 0 radical (unpaired) electrons. The van der Waals surface area contributed by atoms with Gasteiger partial charge in [0.25, 0.3) is 0 Å². The third-order valence-electron chi connectivity index (χ3n) is 4.21. The number of aliphatic hydroxyl groups is 1. The Morgan fingerprint density at radius 1 is 0.938 bits per heavy atom. The van der Waals surface area contributed by atoms with Crippen LogP contribution in [0.2, 0.25) is 0 Å². The molecule has 182 valence electrons. The normalized spacial score (nSPS) is 12.8. The maximum atomic E-state index is 11.4. The van der Waals surface area contributed by atoms with Crippen molar-refractivity contribution in [3.8, 4) is 0 Å². The van der Waals surface area contributed by atoms with Crippen LogP contribution < -0.4 is 5.32 Å². The molecular weight excluding hydrogens is 458 g/mol. The van der Waals surface area contributed by atoms with Gasteiger partial charge in [-0.2, -0.15) is 0 Å². The average Bonchev–Trinajstić information content (AvgIpc) is 2.60. The first kappa shape index (κ1) is 30.0. The maximum absolute atomic E-state index is 11.4. The molecule has 9 nitrogen and oxygen atoms in total. The Morgan fingerprint density at radius 3 is 1.81 bits per heavy atom. The highest BCUT2D eigenvalue weighted by molar-refractivity contribution is 7.86. The van der Waals surface area contributed by atoms with Gasteiger partial charge < -0.3 is 25.0 Å². The van der Waals surface area contributed by atoms with Crippen LogP contribution >= 0.6 is 0 Å². The summed E-state index contributed by atoms with van der Waals surface area (Å²) in [6, 6.07) is 8.62. The van der Waals surface area contributed by atoms with Crippen molar-refractivity contribution in [2.45, 2.75) is 69.4 Å². The second kappa shape index (κ2) is 11.2. The zero-order valence-corrected chi connectivity index (χ0v) is 20.6. The Labute approximate surface area is 190 Å². The summed E-state index contributed by atoms with van der Waals surface area (Å²) in [7, 11) is -8.90. The molecule has 4 N–H and O–H groups in total. The van der Waals surface area contributed by atoms with E-state index in [0.717, 1.165) is 11.1 Å². The van der Waals surface area contributed by atoms with Crippen molar-refractivity contribution in [2.24, 2.45) is 0 Å². The number of nitrogens with one attached hydrogen (secondary N) is 1. The lowest BCUT2D eigenvalue weighted by atomic mass is 9.98. The lowest BCUT2D eigenvalue weighted by Crippen LogP contribution is -2.28. The molecule has 0 heterocycles. The molecule has 2 aromatic rings. The smallest absolute Gasteiger partial charge is 0.124 e. The fourth-order valence-electron chi connectivity index (χ4n) is 2.71. The van der Waals surface area contributed by atoms with Crippen molar-refractivity contribution >= 4 is 25.9 Å². The first-order valence-corrected chi connectivity index (χ1v) is 12.4. The highest BCUT2D eigenvalue weighted by Gasteiger charge is 2.23. The molecule has 0 aliphatic rings. The Bertz CT molecular complexity index is 1100. The number of aliphatic hydroxyl groups excluding tert-OH is 1. The number of rotatable bonds is 5. The molecule has 0 aliphatic heterocycles. The molecule has 11 heteroatoms. The zero-order valence-electron chi connectivity index (χ0n) is 19.0. The molecule has 0 aliphatic carbocycles. The largest absolute Gasteiger partial charge is 0.744 e. The molecule has 0 amide bonds. The monoisotopic (exact) mass is 489 g/mol. The van der Waals surface area contributed by atoms with E-state index in [1.807, 2.05) is 27.7 Å². The molecule has 2 aromatic carbocycles. The number of aryl methyl sites for hydroxylation is 2. The maximum Gasteiger partial charge on any atom is 0.124 e. The van der Waals surface area contributed by atoms with Gasteiger partial charge in [-0.1, -0.05) is 30.7 Å². The molecule has 0 saturated carbocycles. The van der Waals surface area contributed by atoms with Crippen LogP contribution in [0.1, 0.15) is 56.9 Å². The Kier molecular flexibility index (Phi) is 10.5. The van der Waals surface area contributed by atoms with E-state index in [4.69, 9.17) is 0 Å². The highest BCUT2D eigenvalue weighted by atomic mass is 32.2. The van der Waals surface area contributed by atoms with Crippen molar-refractivity contribution < 1.29 is 36.5 Å². The van der Waals surface area contributed by atoms with Crippen LogP contribution in [0.25, 0.3) is 0 Å². The first-order chi connectivity index (χ1) is 14.0. The van der Waals surface area contributed by atoms with E-state index in [2.05, 4.69) is 5.32 Å². The average molecular weight is 490 g/mol. The predicted molar refractivity (Wildman–Crippen MR) is 121 cm³/mol. The molecule has 1 unspecified atom stereocenters. The van der Waals surface area contributed by atoms with Gasteiger partial charge in [-0.15, -0.1) is 0 Å². The third kappa shape index (κ3) is 8.85. The van der Waals surface area contributed by atoms with Gasteiger partial charge in [-0.05, 0) is 64.8 Å². The van der Waals surface area contributed by atoms with Gasteiger partial charge in [0.05, 0.1) is 15.9 Å². The summed E-state index contributed by atoms with van der Waals surface area (Å²) in [4.78, 5) is -0.535. The van der Waals surface area contributed by atoms with Gasteiger partial charge in [-0.25, -0.2) is 16.8 Å². The summed E-state index contributed by atoms with van der Waals surface area (Å²) in [5.41, 5.74) is 2.08. The summed E-state index contributed by atoms with van der Waals surface area (Å²) < 4.78 is 65.4. The summed E-state index contributed by atoms with van der Waals surface area (Å²) >= 11 is 0. The first-order valence-electron chi connectivity index (χ1n) is 9.55. The van der Waals surface area contributed by atoms with E-state index in [0.29, 0.717) is 12.1 Å². The molecule has 0 saturated heterocycles. The van der Waals surface area contributed by atoms with Crippen LogP contribution in [-0.2, 0) is 20.2 Å². The minimum atomic E-state index is -4.63. The highest BCUT2D eigenvalue weighted by Crippen LogP contribution is 2.35. The van der Waals surface area contributed by atoms with Gasteiger partial charge in [0, 0.05) is 16.8 Å². The van der Waals surface area contributed by atoms with Crippen LogP contribution in [-0.4, -0.2) is 42.1 Å². The van der Waals surface area contributed by atoms with Crippen molar-refractivity contribution in [3.05, 3.63) is 53.1 Å². The van der Waals surface area contributed by atoms with Crippen LogP contribution in [0.3, 0.4) is 0 Å². The topological polar surface area (TPSA) is 178 Å². The summed E-state index contributed by atoms with van der Waals surface area (Å²) in [6.45, 7) is 11.1. The second-order valence-corrected chi connectivity index (χ2v) is 10.9. The molecule has 0 bridgehead atoms. The van der Waals surface area contributed by atoms with Gasteiger partial charge in [0.2, 0.25) is 0 Å². The second-order valence-electron chi connectivity index (χ2n) is 8.19. The number of benzene rings is 2. The molecule has 1 atom stereocenters. The number of hydrogen-bond donors (Lipinski definition) is 2. The Hall–Kier alpha value is -2.02. The van der Waals surface area contributed by atoms with E-state index in [-0.39, 0.29) is 26.4 Å². The fourth-order valence-corrected chi connectivity index (χ4v) is 3.92. The van der Waals surface area contributed by atoms with Gasteiger partial charge >= 0.3 is 0 Å². The van der Waals surface area contributed by atoms with Crippen molar-refractivity contribution in [1.29, 1.82) is 0 Å². The molecule has 0 aromatic heterocycles. The summed E-state index contributed by atoms with van der Waals surface area (Å²) in [5.74, 6) is 0. The minimum Gasteiger partial charge on any atom is -0.744 e. The lowest BCUT2D eigenvalue weighted by Gasteiger charge is -2.29. The quantitative estimate of drug-likeness (QED) is 0.601. The summed E-state index contributed by atoms with van der Waals surface area (Å²) in [6.07, 6.45) is -0.677. The molecule has 32 heavy (non-hydrogen) atoms. The molecule has 2 rings (SSSR count). The van der Waals surface area contributed by atoms with Crippen LogP contribution in [0.5, 0.6) is 0 Å². The molecule has 0 fully saturated rings. The van der Waals surface area contributed by atoms with Crippen molar-refractivity contribution in [2.75, 3.05) is 5.32 Å². The molecule has 0 spiro atoms. The molecular formula is C21H31NO8S2-2. The van der Waals surface area contributed by atoms with Crippen LogP contribution in [0.15, 0.2) is 46.2 Å². The van der Waals surface area contributed by atoms with Gasteiger partial charge in [0.1, 0.15) is 20.2 Å². The Balaban J connectivity index is 0.000000679. The van der Waals surface area contributed by atoms with Crippen molar-refractivity contribution in [3.63, 3.8) is 0 Å². The van der Waals surface area contributed by atoms with Gasteiger partial charge in [-0.3, -0.25) is 0 Å². The third-order valence-corrected chi connectivity index (χ3v) is 5.96. The van der Waals surface area contributed by atoms with E-state index in [1.54, 1.807) is 32.0 Å².